The molecule has 2 fully saturated rings. The lowest BCUT2D eigenvalue weighted by Crippen LogP contribution is -2.48. The van der Waals surface area contributed by atoms with Crippen LogP contribution >= 0.6 is 0 Å². The van der Waals surface area contributed by atoms with Crippen molar-refractivity contribution >= 4 is 21.6 Å². The third-order valence-corrected chi connectivity index (χ3v) is 8.24. The maximum atomic E-state index is 13.2. The van der Waals surface area contributed by atoms with E-state index in [1.54, 1.807) is 4.31 Å². The molecule has 0 radical (unpaired) electrons. The van der Waals surface area contributed by atoms with Gasteiger partial charge in [0.15, 0.2) is 0 Å². The third-order valence-electron chi connectivity index (χ3n) is 5.86. The van der Waals surface area contributed by atoms with Gasteiger partial charge in [-0.25, -0.2) is 12.7 Å². The second-order valence-corrected chi connectivity index (χ2v) is 11.2. The number of benzene rings is 1. The number of amides is 1. The second kappa shape index (κ2) is 7.21. The van der Waals surface area contributed by atoms with Gasteiger partial charge in [-0.15, -0.1) is 0 Å². The van der Waals surface area contributed by atoms with Crippen LogP contribution in [0.4, 0.5) is 5.69 Å². The van der Waals surface area contributed by atoms with Gasteiger partial charge >= 0.3 is 0 Å². The molecule has 1 spiro atoms. The number of nitrogens with zero attached hydrogens (tertiary/aromatic N) is 2. The Morgan fingerprint density at radius 3 is 2.07 bits per heavy atom. The number of piperidine rings is 1. The maximum absolute atomic E-state index is 13.2. The van der Waals surface area contributed by atoms with Crippen molar-refractivity contribution in [2.24, 2.45) is 10.8 Å². The Bertz CT molecular complexity index is 786. The van der Waals surface area contributed by atoms with Crippen LogP contribution in [0.5, 0.6) is 0 Å². The summed E-state index contributed by atoms with van der Waals surface area (Å²) in [5.74, 6) is 0.316. The summed E-state index contributed by atoms with van der Waals surface area (Å²) >= 11 is 0. The normalized spacial score (nSPS) is 21.2. The number of carbonyl (C=O) groups excluding carboxylic acids is 1. The summed E-state index contributed by atoms with van der Waals surface area (Å²) < 4.78 is 26.9. The van der Waals surface area contributed by atoms with Crippen LogP contribution in [0.1, 0.15) is 52.5 Å². The largest absolute Gasteiger partial charge is 0.312 e. The number of hydrogen-bond acceptors (Lipinski definition) is 3. The van der Waals surface area contributed by atoms with E-state index in [4.69, 9.17) is 0 Å². The zero-order chi connectivity index (χ0) is 19.9. The minimum Gasteiger partial charge on any atom is -0.312 e. The molecular weight excluding hydrogens is 360 g/mol. The van der Waals surface area contributed by atoms with Crippen molar-refractivity contribution in [1.82, 2.24) is 4.31 Å². The molecule has 0 N–H and O–H groups in total. The van der Waals surface area contributed by atoms with Crippen LogP contribution in [-0.2, 0) is 21.2 Å². The highest BCUT2D eigenvalue weighted by molar-refractivity contribution is 7.89. The van der Waals surface area contributed by atoms with Gasteiger partial charge in [-0.2, -0.15) is 0 Å². The second-order valence-electron chi connectivity index (χ2n) is 9.22. The third kappa shape index (κ3) is 4.21. The topological polar surface area (TPSA) is 57.7 Å². The van der Waals surface area contributed by atoms with Crippen LogP contribution in [-0.4, -0.2) is 44.0 Å². The van der Waals surface area contributed by atoms with Gasteiger partial charge in [0.05, 0.1) is 11.2 Å². The molecule has 2 aliphatic heterocycles. The van der Waals surface area contributed by atoms with Gasteiger partial charge < -0.3 is 4.90 Å². The van der Waals surface area contributed by atoms with Crippen molar-refractivity contribution in [3.05, 3.63) is 29.8 Å². The molecule has 2 saturated heterocycles. The molecule has 2 aliphatic rings. The van der Waals surface area contributed by atoms with Gasteiger partial charge in [0, 0.05) is 25.3 Å². The first kappa shape index (κ1) is 20.3. The first-order valence-electron chi connectivity index (χ1n) is 9.95. The lowest BCUT2D eigenvalue weighted by atomic mass is 9.77. The maximum Gasteiger partial charge on any atom is 0.233 e. The van der Waals surface area contributed by atoms with Crippen molar-refractivity contribution in [3.63, 3.8) is 0 Å². The minimum absolute atomic E-state index is 0.150. The lowest BCUT2D eigenvalue weighted by Gasteiger charge is -2.38. The molecule has 2 heterocycles. The zero-order valence-electron chi connectivity index (χ0n) is 17.0. The lowest BCUT2D eigenvalue weighted by molar-refractivity contribution is -0.127. The summed E-state index contributed by atoms with van der Waals surface area (Å²) in [5, 5.41) is 0. The van der Waals surface area contributed by atoms with Crippen molar-refractivity contribution in [1.29, 1.82) is 0 Å². The van der Waals surface area contributed by atoms with Crippen LogP contribution in [0, 0.1) is 10.8 Å². The van der Waals surface area contributed by atoms with Crippen molar-refractivity contribution in [2.75, 3.05) is 30.3 Å². The summed E-state index contributed by atoms with van der Waals surface area (Å²) in [6.07, 6.45) is 3.04. The molecule has 3 rings (SSSR count). The molecule has 1 amide bonds. The molecule has 5 nitrogen and oxygen atoms in total. The first-order chi connectivity index (χ1) is 12.6. The molecule has 0 saturated carbocycles. The molecule has 1 aromatic rings. The van der Waals surface area contributed by atoms with Gasteiger partial charge in [-0.1, -0.05) is 39.8 Å². The summed E-state index contributed by atoms with van der Waals surface area (Å²) in [5.41, 5.74) is 1.56. The molecule has 0 bridgehead atoms. The number of hydrogen-bond donors (Lipinski definition) is 0. The summed E-state index contributed by atoms with van der Waals surface area (Å²) in [4.78, 5) is 15.1. The van der Waals surface area contributed by atoms with Crippen LogP contribution < -0.4 is 4.90 Å². The summed E-state index contributed by atoms with van der Waals surface area (Å²) in [6, 6.07) is 8.21. The quantitative estimate of drug-likeness (QED) is 0.789. The fourth-order valence-corrected chi connectivity index (χ4v) is 6.29. The molecular formula is C21H32N2O3S. The molecule has 0 aliphatic carbocycles. The Hall–Kier alpha value is -1.40. The smallest absolute Gasteiger partial charge is 0.233 e. The highest BCUT2D eigenvalue weighted by atomic mass is 32.2. The molecule has 0 atom stereocenters. The predicted octanol–water partition coefficient (Wildman–Crippen LogP) is 3.44. The van der Waals surface area contributed by atoms with E-state index in [2.05, 4.69) is 19.1 Å². The molecule has 0 aromatic heterocycles. The minimum atomic E-state index is -3.27. The van der Waals surface area contributed by atoms with Gasteiger partial charge in [-0.05, 0) is 48.8 Å². The van der Waals surface area contributed by atoms with Crippen molar-refractivity contribution < 1.29 is 13.2 Å². The molecule has 150 valence electrons. The molecule has 1 aromatic carbocycles. The highest BCUT2D eigenvalue weighted by Gasteiger charge is 2.49. The Morgan fingerprint density at radius 2 is 1.56 bits per heavy atom. The van der Waals surface area contributed by atoms with E-state index < -0.39 is 15.4 Å². The zero-order valence-corrected chi connectivity index (χ0v) is 17.8. The number of sulfonamides is 1. The number of carbonyl (C=O) groups is 1. The predicted molar refractivity (Wildman–Crippen MR) is 109 cm³/mol. The van der Waals surface area contributed by atoms with Crippen LogP contribution in [0.15, 0.2) is 24.3 Å². The van der Waals surface area contributed by atoms with E-state index in [9.17, 15) is 13.2 Å². The van der Waals surface area contributed by atoms with E-state index in [1.165, 1.54) is 5.56 Å². The monoisotopic (exact) mass is 392 g/mol. The van der Waals surface area contributed by atoms with Gasteiger partial charge in [-0.3, -0.25) is 4.79 Å². The number of rotatable bonds is 4. The van der Waals surface area contributed by atoms with Gasteiger partial charge in [0.1, 0.15) is 0 Å². The van der Waals surface area contributed by atoms with E-state index in [0.29, 0.717) is 25.9 Å². The SMILES string of the molecule is CCc1ccc(N2CCC3(CCN(S(=O)(=O)CC(C)(C)C)CC3)C2=O)cc1. The Balaban J connectivity index is 1.68. The summed E-state index contributed by atoms with van der Waals surface area (Å²) in [7, 11) is -3.27. The molecule has 6 heteroatoms. The van der Waals surface area contributed by atoms with Gasteiger partial charge in [0.2, 0.25) is 15.9 Å². The first-order valence-corrected chi connectivity index (χ1v) is 11.6. The van der Waals surface area contributed by atoms with Crippen molar-refractivity contribution in [3.8, 4) is 0 Å². The van der Waals surface area contributed by atoms with E-state index in [-0.39, 0.29) is 17.1 Å². The van der Waals surface area contributed by atoms with Crippen LogP contribution in [0.25, 0.3) is 0 Å². The Labute approximate surface area is 163 Å². The van der Waals surface area contributed by atoms with E-state index in [0.717, 1.165) is 25.1 Å². The van der Waals surface area contributed by atoms with Crippen molar-refractivity contribution in [2.45, 2.75) is 53.4 Å². The number of aryl methyl sites for hydroxylation is 1. The van der Waals surface area contributed by atoms with Crippen LogP contribution in [0.3, 0.4) is 0 Å². The number of anilines is 1. The van der Waals surface area contributed by atoms with E-state index in [1.807, 2.05) is 37.8 Å². The van der Waals surface area contributed by atoms with Crippen LogP contribution in [0.2, 0.25) is 0 Å². The van der Waals surface area contributed by atoms with Gasteiger partial charge in [0.25, 0.3) is 0 Å². The average molecular weight is 393 g/mol. The summed E-state index contributed by atoms with van der Waals surface area (Å²) in [6.45, 7) is 9.57. The molecule has 27 heavy (non-hydrogen) atoms. The Kier molecular flexibility index (Phi) is 5.43. The fourth-order valence-electron chi connectivity index (χ4n) is 4.27. The average Bonchev–Trinajstić information content (AvgIpc) is 2.90. The molecule has 0 unspecified atom stereocenters. The standard InChI is InChI=1S/C21H32N2O3S/c1-5-17-6-8-18(9-7-17)23-15-12-21(19(23)24)10-13-22(14-11-21)27(25,26)16-20(2,3)4/h6-9H,5,10-16H2,1-4H3. The Morgan fingerprint density at radius 1 is 1.00 bits per heavy atom. The fraction of sp³-hybridized carbons (Fsp3) is 0.667. The highest BCUT2D eigenvalue weighted by Crippen LogP contribution is 2.43. The van der Waals surface area contributed by atoms with E-state index >= 15 is 0 Å².